The summed E-state index contributed by atoms with van der Waals surface area (Å²) in [7, 11) is 0. The number of morpholine rings is 1. The van der Waals surface area contributed by atoms with Crippen molar-refractivity contribution in [2.75, 3.05) is 26.3 Å². The molecule has 0 aliphatic carbocycles. The van der Waals surface area contributed by atoms with Gasteiger partial charge in [-0.2, -0.15) is 0 Å². The number of hydrogen-bond donors (Lipinski definition) is 0. The number of hydroxylamine groups is 2. The lowest BCUT2D eigenvalue weighted by Crippen LogP contribution is -2.38. The first-order chi connectivity index (χ1) is 6.86. The molecular formula is C10H12ClNO2. The first-order valence-electron chi connectivity index (χ1n) is 4.61. The van der Waals surface area contributed by atoms with Crippen molar-refractivity contribution in [1.29, 1.82) is 0 Å². The Bertz CT molecular complexity index is 300. The van der Waals surface area contributed by atoms with Crippen LogP contribution in [0.4, 0.5) is 0 Å². The summed E-state index contributed by atoms with van der Waals surface area (Å²) in [5.74, 6) is 0.705. The minimum atomic E-state index is 0.638. The van der Waals surface area contributed by atoms with Gasteiger partial charge in [-0.05, 0) is 12.1 Å². The van der Waals surface area contributed by atoms with Gasteiger partial charge in [0.25, 0.3) is 0 Å². The van der Waals surface area contributed by atoms with E-state index in [1.165, 1.54) is 0 Å². The van der Waals surface area contributed by atoms with Gasteiger partial charge >= 0.3 is 0 Å². The molecule has 4 heteroatoms. The summed E-state index contributed by atoms with van der Waals surface area (Å²) in [5.41, 5.74) is 0. The first kappa shape index (κ1) is 9.77. The highest BCUT2D eigenvalue weighted by atomic mass is 35.5. The SMILES string of the molecule is Clc1ccccc1ON1CCOCC1. The highest BCUT2D eigenvalue weighted by Gasteiger charge is 2.12. The van der Waals surface area contributed by atoms with Crippen LogP contribution >= 0.6 is 11.6 Å². The highest BCUT2D eigenvalue weighted by molar-refractivity contribution is 6.32. The molecule has 0 amide bonds. The Morgan fingerprint density at radius 3 is 2.64 bits per heavy atom. The van der Waals surface area contributed by atoms with E-state index in [2.05, 4.69) is 0 Å². The topological polar surface area (TPSA) is 21.7 Å². The van der Waals surface area contributed by atoms with Crippen molar-refractivity contribution in [3.05, 3.63) is 29.3 Å². The first-order valence-corrected chi connectivity index (χ1v) is 4.99. The van der Waals surface area contributed by atoms with E-state index in [9.17, 15) is 0 Å². The molecule has 0 saturated carbocycles. The van der Waals surface area contributed by atoms with Crippen LogP contribution in [0.25, 0.3) is 0 Å². The Balaban J connectivity index is 1.99. The van der Waals surface area contributed by atoms with E-state index < -0.39 is 0 Å². The average molecular weight is 214 g/mol. The van der Waals surface area contributed by atoms with E-state index in [4.69, 9.17) is 21.2 Å². The van der Waals surface area contributed by atoms with Gasteiger partial charge in [0.1, 0.15) is 0 Å². The van der Waals surface area contributed by atoms with Gasteiger partial charge in [-0.1, -0.05) is 23.7 Å². The molecule has 0 spiro atoms. The molecule has 1 heterocycles. The van der Waals surface area contributed by atoms with Gasteiger partial charge in [0.15, 0.2) is 5.75 Å². The summed E-state index contributed by atoms with van der Waals surface area (Å²) in [5, 5.41) is 2.50. The molecule has 0 radical (unpaired) electrons. The molecule has 1 fully saturated rings. The van der Waals surface area contributed by atoms with Crippen molar-refractivity contribution in [2.45, 2.75) is 0 Å². The van der Waals surface area contributed by atoms with Crippen LogP contribution in [0.1, 0.15) is 0 Å². The minimum absolute atomic E-state index is 0.638. The molecule has 2 rings (SSSR count). The lowest BCUT2D eigenvalue weighted by molar-refractivity contribution is -0.118. The number of para-hydroxylation sites is 1. The van der Waals surface area contributed by atoms with Gasteiger partial charge in [-0.15, -0.1) is 5.06 Å². The lowest BCUT2D eigenvalue weighted by Gasteiger charge is -2.26. The van der Waals surface area contributed by atoms with Crippen LogP contribution in [0.2, 0.25) is 5.02 Å². The van der Waals surface area contributed by atoms with Crippen molar-refractivity contribution < 1.29 is 9.57 Å². The maximum absolute atomic E-state index is 5.96. The van der Waals surface area contributed by atoms with E-state index in [-0.39, 0.29) is 0 Å². The summed E-state index contributed by atoms with van der Waals surface area (Å²) in [6, 6.07) is 7.46. The molecule has 0 N–H and O–H groups in total. The van der Waals surface area contributed by atoms with E-state index >= 15 is 0 Å². The number of benzene rings is 1. The molecule has 76 valence electrons. The molecule has 14 heavy (non-hydrogen) atoms. The quantitative estimate of drug-likeness (QED) is 0.750. The summed E-state index contributed by atoms with van der Waals surface area (Å²) < 4.78 is 5.21. The molecule has 0 unspecified atom stereocenters. The molecular weight excluding hydrogens is 202 g/mol. The largest absolute Gasteiger partial charge is 0.404 e. The summed E-state index contributed by atoms with van der Waals surface area (Å²) in [4.78, 5) is 5.61. The van der Waals surface area contributed by atoms with Crippen molar-refractivity contribution >= 4 is 11.6 Å². The van der Waals surface area contributed by atoms with Gasteiger partial charge in [0, 0.05) is 0 Å². The zero-order valence-corrected chi connectivity index (χ0v) is 8.54. The van der Waals surface area contributed by atoms with Crippen LogP contribution in [-0.4, -0.2) is 31.4 Å². The number of halogens is 1. The zero-order valence-electron chi connectivity index (χ0n) is 7.78. The second-order valence-electron chi connectivity index (χ2n) is 3.06. The Kier molecular flexibility index (Phi) is 3.24. The van der Waals surface area contributed by atoms with Crippen LogP contribution in [0, 0.1) is 0 Å². The van der Waals surface area contributed by atoms with Crippen LogP contribution in [0.15, 0.2) is 24.3 Å². The maximum atomic E-state index is 5.96. The number of ether oxygens (including phenoxy) is 1. The molecule has 1 saturated heterocycles. The monoisotopic (exact) mass is 213 g/mol. The number of rotatable bonds is 2. The zero-order chi connectivity index (χ0) is 9.80. The second-order valence-corrected chi connectivity index (χ2v) is 3.47. The molecule has 0 atom stereocenters. The Hall–Kier alpha value is -0.770. The molecule has 0 bridgehead atoms. The highest BCUT2D eigenvalue weighted by Crippen LogP contribution is 2.24. The predicted octanol–water partition coefficient (Wildman–Crippen LogP) is 1.97. The van der Waals surface area contributed by atoms with E-state index in [0.717, 1.165) is 13.1 Å². The third-order valence-corrected chi connectivity index (χ3v) is 2.35. The Morgan fingerprint density at radius 1 is 1.21 bits per heavy atom. The molecule has 1 aromatic rings. The van der Waals surface area contributed by atoms with Crippen LogP contribution in [0.3, 0.4) is 0 Å². The van der Waals surface area contributed by atoms with E-state index in [1.54, 1.807) is 0 Å². The second kappa shape index (κ2) is 4.64. The van der Waals surface area contributed by atoms with E-state index in [0.29, 0.717) is 24.0 Å². The third kappa shape index (κ3) is 2.38. The summed E-state index contributed by atoms with van der Waals surface area (Å²) >= 11 is 5.96. The molecule has 1 aliphatic heterocycles. The number of hydrogen-bond acceptors (Lipinski definition) is 3. The van der Waals surface area contributed by atoms with Crippen molar-refractivity contribution in [2.24, 2.45) is 0 Å². The Labute approximate surface area is 88.1 Å². The predicted molar refractivity (Wildman–Crippen MR) is 54.5 cm³/mol. The Morgan fingerprint density at radius 2 is 1.93 bits per heavy atom. The van der Waals surface area contributed by atoms with Gasteiger partial charge in [0.05, 0.1) is 31.3 Å². The maximum Gasteiger partial charge on any atom is 0.166 e. The van der Waals surface area contributed by atoms with Gasteiger partial charge in [-0.25, -0.2) is 0 Å². The minimum Gasteiger partial charge on any atom is -0.404 e. The molecule has 0 aromatic heterocycles. The van der Waals surface area contributed by atoms with Crippen LogP contribution in [-0.2, 0) is 4.74 Å². The van der Waals surface area contributed by atoms with Gasteiger partial charge in [0.2, 0.25) is 0 Å². The fraction of sp³-hybridized carbons (Fsp3) is 0.400. The third-order valence-electron chi connectivity index (χ3n) is 2.03. The van der Waals surface area contributed by atoms with Crippen molar-refractivity contribution in [3.63, 3.8) is 0 Å². The lowest BCUT2D eigenvalue weighted by atomic mass is 10.3. The standard InChI is InChI=1S/C10H12ClNO2/c11-9-3-1-2-4-10(9)14-12-5-7-13-8-6-12/h1-4H,5-8H2. The number of nitrogens with zero attached hydrogens (tertiary/aromatic N) is 1. The fourth-order valence-corrected chi connectivity index (χ4v) is 1.47. The molecule has 1 aromatic carbocycles. The smallest absolute Gasteiger partial charge is 0.166 e. The van der Waals surface area contributed by atoms with Crippen molar-refractivity contribution in [1.82, 2.24) is 5.06 Å². The van der Waals surface area contributed by atoms with Gasteiger partial charge in [-0.3, -0.25) is 0 Å². The summed E-state index contributed by atoms with van der Waals surface area (Å²) in [6.07, 6.45) is 0. The fourth-order valence-electron chi connectivity index (χ4n) is 1.30. The van der Waals surface area contributed by atoms with Crippen molar-refractivity contribution in [3.8, 4) is 5.75 Å². The summed E-state index contributed by atoms with van der Waals surface area (Å²) in [6.45, 7) is 2.99. The average Bonchev–Trinajstić information content (AvgIpc) is 2.23. The molecule has 1 aliphatic rings. The van der Waals surface area contributed by atoms with E-state index in [1.807, 2.05) is 29.3 Å². The molecule has 3 nitrogen and oxygen atoms in total. The van der Waals surface area contributed by atoms with Crippen LogP contribution < -0.4 is 4.84 Å². The van der Waals surface area contributed by atoms with Crippen LogP contribution in [0.5, 0.6) is 5.75 Å². The van der Waals surface area contributed by atoms with Gasteiger partial charge < -0.3 is 9.57 Å². The normalized spacial score (nSPS) is 18.1.